The van der Waals surface area contributed by atoms with Crippen LogP contribution in [0.2, 0.25) is 0 Å². The standard InChI is InChI=1S/C28H24N2O3S/c1-20-15-17-22(18-16-20)34(32,33)29-25(19-21-9-3-2-4-10-21)28(31)30-26-13-7-5-11-23(26)24-12-6-8-14-27(24)30/h2-18,25,29H,19H2,1H3. The van der Waals surface area contributed by atoms with Crippen molar-refractivity contribution in [3.63, 3.8) is 0 Å². The molecular formula is C28H24N2O3S. The quantitative estimate of drug-likeness (QED) is 0.366. The minimum Gasteiger partial charge on any atom is -0.278 e. The van der Waals surface area contributed by atoms with E-state index in [1.807, 2.05) is 85.8 Å². The van der Waals surface area contributed by atoms with Crippen LogP contribution >= 0.6 is 0 Å². The molecule has 0 radical (unpaired) electrons. The molecule has 1 atom stereocenters. The molecule has 5 nitrogen and oxygen atoms in total. The van der Waals surface area contributed by atoms with E-state index in [0.29, 0.717) is 0 Å². The van der Waals surface area contributed by atoms with E-state index >= 15 is 0 Å². The summed E-state index contributed by atoms with van der Waals surface area (Å²) in [5.74, 6) is -0.322. The molecule has 5 rings (SSSR count). The van der Waals surface area contributed by atoms with Crippen LogP contribution in [0.25, 0.3) is 21.8 Å². The van der Waals surface area contributed by atoms with E-state index in [1.54, 1.807) is 28.8 Å². The largest absolute Gasteiger partial charge is 0.278 e. The third kappa shape index (κ3) is 4.14. The van der Waals surface area contributed by atoms with Crippen LogP contribution in [-0.2, 0) is 16.4 Å². The molecule has 4 aromatic carbocycles. The van der Waals surface area contributed by atoms with Gasteiger partial charge in [-0.05, 0) is 43.2 Å². The molecule has 0 aliphatic heterocycles. The maximum atomic E-state index is 14.0. The zero-order valence-corrected chi connectivity index (χ0v) is 19.5. The van der Waals surface area contributed by atoms with Crippen LogP contribution in [0.1, 0.15) is 15.9 Å². The van der Waals surface area contributed by atoms with Gasteiger partial charge in [-0.3, -0.25) is 9.36 Å². The molecule has 170 valence electrons. The molecule has 0 saturated heterocycles. The maximum Gasteiger partial charge on any atom is 0.250 e. The SMILES string of the molecule is Cc1ccc(S(=O)(=O)NC(Cc2ccccc2)C(=O)n2c3ccccc3c3ccccc32)cc1. The van der Waals surface area contributed by atoms with Gasteiger partial charge in [-0.1, -0.05) is 84.4 Å². The second-order valence-electron chi connectivity index (χ2n) is 8.38. The summed E-state index contributed by atoms with van der Waals surface area (Å²) in [6.45, 7) is 1.90. The van der Waals surface area contributed by atoms with Gasteiger partial charge < -0.3 is 0 Å². The number of fused-ring (bicyclic) bond motifs is 3. The van der Waals surface area contributed by atoms with Crippen LogP contribution < -0.4 is 4.72 Å². The first-order valence-electron chi connectivity index (χ1n) is 11.1. The maximum absolute atomic E-state index is 14.0. The minimum atomic E-state index is -3.92. The summed E-state index contributed by atoms with van der Waals surface area (Å²) in [5, 5.41) is 1.90. The van der Waals surface area contributed by atoms with Crippen molar-refractivity contribution in [2.45, 2.75) is 24.3 Å². The van der Waals surface area contributed by atoms with Crippen LogP contribution in [0.3, 0.4) is 0 Å². The lowest BCUT2D eigenvalue weighted by Crippen LogP contribution is -2.44. The van der Waals surface area contributed by atoms with Gasteiger partial charge in [0, 0.05) is 10.8 Å². The van der Waals surface area contributed by atoms with Crippen LogP contribution in [-0.4, -0.2) is 24.9 Å². The normalized spacial score (nSPS) is 12.7. The van der Waals surface area contributed by atoms with E-state index in [9.17, 15) is 13.2 Å². The van der Waals surface area contributed by atoms with Crippen molar-refractivity contribution in [3.05, 3.63) is 114 Å². The van der Waals surface area contributed by atoms with Crippen LogP contribution in [0, 0.1) is 6.92 Å². The number of benzene rings is 4. The molecule has 1 N–H and O–H groups in total. The van der Waals surface area contributed by atoms with Crippen molar-refractivity contribution in [2.75, 3.05) is 0 Å². The van der Waals surface area contributed by atoms with Crippen molar-refractivity contribution in [1.82, 2.24) is 9.29 Å². The predicted octanol–water partition coefficient (Wildman–Crippen LogP) is 5.33. The Morgan fingerprint density at radius 1 is 0.765 bits per heavy atom. The van der Waals surface area contributed by atoms with E-state index in [1.165, 1.54) is 0 Å². The molecule has 0 amide bonds. The van der Waals surface area contributed by atoms with Crippen molar-refractivity contribution >= 4 is 37.7 Å². The fraction of sp³-hybridized carbons (Fsp3) is 0.107. The molecule has 1 unspecified atom stereocenters. The number of nitrogens with zero attached hydrogens (tertiary/aromatic N) is 1. The molecule has 1 heterocycles. The van der Waals surface area contributed by atoms with E-state index in [2.05, 4.69) is 4.72 Å². The minimum absolute atomic E-state index is 0.131. The van der Waals surface area contributed by atoms with Gasteiger partial charge >= 0.3 is 0 Å². The Morgan fingerprint density at radius 3 is 1.88 bits per heavy atom. The highest BCUT2D eigenvalue weighted by Crippen LogP contribution is 2.29. The van der Waals surface area contributed by atoms with E-state index in [-0.39, 0.29) is 17.2 Å². The lowest BCUT2D eigenvalue weighted by atomic mass is 10.1. The number of carbonyl (C=O) groups is 1. The van der Waals surface area contributed by atoms with Crippen molar-refractivity contribution in [2.24, 2.45) is 0 Å². The third-order valence-electron chi connectivity index (χ3n) is 6.01. The lowest BCUT2D eigenvalue weighted by Gasteiger charge is -2.20. The summed E-state index contributed by atoms with van der Waals surface area (Å²) >= 11 is 0. The average Bonchev–Trinajstić information content (AvgIpc) is 3.18. The highest BCUT2D eigenvalue weighted by Gasteiger charge is 2.29. The molecule has 0 aliphatic rings. The number of hydrogen-bond acceptors (Lipinski definition) is 3. The van der Waals surface area contributed by atoms with E-state index in [0.717, 1.165) is 32.9 Å². The Labute approximate surface area is 198 Å². The molecule has 1 aromatic heterocycles. The fourth-order valence-corrected chi connectivity index (χ4v) is 5.51. The summed E-state index contributed by atoms with van der Waals surface area (Å²) in [6.07, 6.45) is 0.228. The van der Waals surface area contributed by atoms with Crippen LogP contribution in [0.4, 0.5) is 0 Å². The van der Waals surface area contributed by atoms with Gasteiger partial charge in [0.05, 0.1) is 15.9 Å². The fourth-order valence-electron chi connectivity index (χ4n) is 4.32. The van der Waals surface area contributed by atoms with Gasteiger partial charge in [0.25, 0.3) is 0 Å². The van der Waals surface area contributed by atoms with Gasteiger partial charge in [0.1, 0.15) is 6.04 Å². The number of para-hydroxylation sites is 2. The molecule has 0 bridgehead atoms. The molecule has 0 spiro atoms. The van der Waals surface area contributed by atoms with Gasteiger partial charge in [-0.25, -0.2) is 8.42 Å². The molecular weight excluding hydrogens is 444 g/mol. The zero-order chi connectivity index (χ0) is 23.7. The highest BCUT2D eigenvalue weighted by molar-refractivity contribution is 7.89. The Kier molecular flexibility index (Phi) is 5.77. The molecule has 0 saturated carbocycles. The first kappa shape index (κ1) is 22.1. The number of carbonyl (C=O) groups excluding carboxylic acids is 1. The van der Waals surface area contributed by atoms with Crippen molar-refractivity contribution in [1.29, 1.82) is 0 Å². The first-order chi connectivity index (χ1) is 16.4. The number of aromatic nitrogens is 1. The topological polar surface area (TPSA) is 68.2 Å². The Morgan fingerprint density at radius 2 is 1.29 bits per heavy atom. The molecule has 0 fully saturated rings. The van der Waals surface area contributed by atoms with Gasteiger partial charge in [0.15, 0.2) is 0 Å². The van der Waals surface area contributed by atoms with E-state index in [4.69, 9.17) is 0 Å². The average molecular weight is 469 g/mol. The Hall–Kier alpha value is -3.74. The monoisotopic (exact) mass is 468 g/mol. The van der Waals surface area contributed by atoms with Crippen LogP contribution in [0.5, 0.6) is 0 Å². The van der Waals surface area contributed by atoms with Gasteiger partial charge in [-0.2, -0.15) is 4.72 Å². The number of nitrogens with one attached hydrogen (secondary N) is 1. The first-order valence-corrected chi connectivity index (χ1v) is 12.6. The lowest BCUT2D eigenvalue weighted by molar-refractivity contribution is 0.0881. The highest BCUT2D eigenvalue weighted by atomic mass is 32.2. The third-order valence-corrected chi connectivity index (χ3v) is 7.50. The van der Waals surface area contributed by atoms with Gasteiger partial charge in [-0.15, -0.1) is 0 Å². The summed E-state index contributed by atoms with van der Waals surface area (Å²) in [4.78, 5) is 14.2. The summed E-state index contributed by atoms with van der Waals surface area (Å²) < 4.78 is 30.9. The predicted molar refractivity (Wildman–Crippen MR) is 136 cm³/mol. The van der Waals surface area contributed by atoms with Crippen molar-refractivity contribution < 1.29 is 13.2 Å². The second kappa shape index (κ2) is 8.89. The number of aryl methyl sites for hydroxylation is 1. The van der Waals surface area contributed by atoms with Crippen molar-refractivity contribution in [3.8, 4) is 0 Å². The molecule has 0 aliphatic carbocycles. The number of hydrogen-bond donors (Lipinski definition) is 1. The van der Waals surface area contributed by atoms with Crippen LogP contribution in [0.15, 0.2) is 108 Å². The molecule has 34 heavy (non-hydrogen) atoms. The second-order valence-corrected chi connectivity index (χ2v) is 10.1. The smallest absolute Gasteiger partial charge is 0.250 e. The van der Waals surface area contributed by atoms with Gasteiger partial charge in [0.2, 0.25) is 15.9 Å². The summed E-state index contributed by atoms with van der Waals surface area (Å²) in [5.41, 5.74) is 3.33. The zero-order valence-electron chi connectivity index (χ0n) is 18.7. The Bertz CT molecular complexity index is 1530. The number of rotatable bonds is 6. The van der Waals surface area contributed by atoms with E-state index < -0.39 is 16.1 Å². The summed E-state index contributed by atoms with van der Waals surface area (Å²) in [7, 11) is -3.92. The molecule has 6 heteroatoms. The molecule has 5 aromatic rings. The summed E-state index contributed by atoms with van der Waals surface area (Å²) in [6, 6.07) is 30.4. The Balaban J connectivity index is 1.62. The number of sulfonamides is 1.